The van der Waals surface area contributed by atoms with Crippen molar-refractivity contribution < 1.29 is 19.2 Å². The number of hydrogen-bond donors (Lipinski definition) is 0. The van der Waals surface area contributed by atoms with Gasteiger partial charge in [-0.2, -0.15) is 0 Å². The zero-order valence-corrected chi connectivity index (χ0v) is 14.5. The van der Waals surface area contributed by atoms with Crippen molar-refractivity contribution in [1.29, 1.82) is 0 Å². The maximum atomic E-state index is 12.0. The highest BCUT2D eigenvalue weighted by Gasteiger charge is 2.25. The van der Waals surface area contributed by atoms with Gasteiger partial charge in [0.15, 0.2) is 5.70 Å². The highest BCUT2D eigenvalue weighted by Crippen LogP contribution is 2.27. The molecule has 0 fully saturated rings. The van der Waals surface area contributed by atoms with Gasteiger partial charge in [-0.3, -0.25) is 10.1 Å². The second kappa shape index (κ2) is 6.86. The molecule has 1 heterocycles. The number of methoxy groups -OCH3 is 1. The van der Waals surface area contributed by atoms with Crippen LogP contribution < -0.4 is 4.74 Å². The molecule has 0 saturated carbocycles. The summed E-state index contributed by atoms with van der Waals surface area (Å²) >= 11 is 3.37. The molecule has 2 aromatic carbocycles. The minimum atomic E-state index is -0.617. The van der Waals surface area contributed by atoms with Crippen LogP contribution in [0.5, 0.6) is 5.75 Å². The van der Waals surface area contributed by atoms with Crippen LogP contribution in [0.25, 0.3) is 6.08 Å². The summed E-state index contributed by atoms with van der Waals surface area (Å²) in [7, 11) is 1.56. The van der Waals surface area contributed by atoms with Gasteiger partial charge in [-0.15, -0.1) is 0 Å². The number of carbonyl (C=O) groups is 1. The molecular weight excluding hydrogens is 392 g/mol. The number of rotatable bonds is 4. The van der Waals surface area contributed by atoms with E-state index < -0.39 is 10.9 Å². The average molecular weight is 403 g/mol. The van der Waals surface area contributed by atoms with Crippen LogP contribution in [-0.2, 0) is 9.53 Å². The van der Waals surface area contributed by atoms with Crippen LogP contribution in [0.1, 0.15) is 11.1 Å². The number of non-ortho nitro benzene ring substituents is 1. The van der Waals surface area contributed by atoms with Crippen LogP contribution in [0.2, 0.25) is 0 Å². The van der Waals surface area contributed by atoms with Gasteiger partial charge in [0.05, 0.1) is 16.5 Å². The fourth-order valence-electron chi connectivity index (χ4n) is 2.22. The fraction of sp³-hybridized carbons (Fsp3) is 0.0588. The van der Waals surface area contributed by atoms with Crippen molar-refractivity contribution in [3.05, 3.63) is 73.9 Å². The predicted octanol–water partition coefficient (Wildman–Crippen LogP) is 3.71. The number of esters is 1. The molecule has 1 aliphatic rings. The molecule has 126 valence electrons. The highest BCUT2D eigenvalue weighted by molar-refractivity contribution is 9.10. The van der Waals surface area contributed by atoms with Crippen LogP contribution in [0.15, 0.2) is 57.6 Å². The third-order valence-electron chi connectivity index (χ3n) is 3.40. The van der Waals surface area contributed by atoms with E-state index in [0.717, 1.165) is 10.0 Å². The molecule has 25 heavy (non-hydrogen) atoms. The summed E-state index contributed by atoms with van der Waals surface area (Å²) in [5.74, 6) is 0.0814. The number of carbonyl (C=O) groups excluding carboxylic acids is 1. The molecular formula is C17H11BrN2O5. The van der Waals surface area contributed by atoms with Crippen molar-refractivity contribution in [1.82, 2.24) is 0 Å². The Balaban J connectivity index is 1.93. The molecule has 0 N–H and O–H groups in total. The lowest BCUT2D eigenvalue weighted by Crippen LogP contribution is -2.05. The summed E-state index contributed by atoms with van der Waals surface area (Å²) in [6.07, 6.45) is 1.57. The molecule has 7 nitrogen and oxygen atoms in total. The highest BCUT2D eigenvalue weighted by atomic mass is 79.9. The van der Waals surface area contributed by atoms with Crippen molar-refractivity contribution in [2.24, 2.45) is 4.99 Å². The number of nitro groups is 1. The lowest BCUT2D eigenvalue weighted by atomic mass is 10.2. The van der Waals surface area contributed by atoms with E-state index in [1.54, 1.807) is 37.5 Å². The van der Waals surface area contributed by atoms with Gasteiger partial charge < -0.3 is 9.47 Å². The van der Waals surface area contributed by atoms with Gasteiger partial charge in [-0.1, -0.05) is 12.1 Å². The topological polar surface area (TPSA) is 91.0 Å². The van der Waals surface area contributed by atoms with E-state index in [0.29, 0.717) is 11.3 Å². The largest absolute Gasteiger partial charge is 0.496 e. The second-order valence-electron chi connectivity index (χ2n) is 5.04. The van der Waals surface area contributed by atoms with Gasteiger partial charge in [-0.25, -0.2) is 9.79 Å². The van der Waals surface area contributed by atoms with Crippen molar-refractivity contribution in [2.75, 3.05) is 7.11 Å². The summed E-state index contributed by atoms with van der Waals surface area (Å²) in [6, 6.07) is 11.1. The van der Waals surface area contributed by atoms with Crippen molar-refractivity contribution in [3.8, 4) is 5.75 Å². The lowest BCUT2D eigenvalue weighted by molar-refractivity contribution is -0.384. The summed E-state index contributed by atoms with van der Waals surface area (Å²) in [5.41, 5.74) is 1.09. The zero-order valence-electron chi connectivity index (χ0n) is 12.9. The third kappa shape index (κ3) is 3.58. The predicted molar refractivity (Wildman–Crippen MR) is 94.4 cm³/mol. The first-order chi connectivity index (χ1) is 12.0. The minimum Gasteiger partial charge on any atom is -0.496 e. The second-order valence-corrected chi connectivity index (χ2v) is 5.89. The Morgan fingerprint density at radius 3 is 2.76 bits per heavy atom. The number of nitrogens with zero attached hydrogens (tertiary/aromatic N) is 2. The van der Waals surface area contributed by atoms with E-state index >= 15 is 0 Å². The van der Waals surface area contributed by atoms with Gasteiger partial charge in [0.25, 0.3) is 5.69 Å². The molecule has 0 atom stereocenters. The molecule has 0 amide bonds. The summed E-state index contributed by atoms with van der Waals surface area (Å²) in [5, 5.41) is 10.9. The third-order valence-corrected chi connectivity index (χ3v) is 4.02. The summed E-state index contributed by atoms with van der Waals surface area (Å²) in [4.78, 5) is 26.5. The Bertz CT molecular complexity index is 936. The molecule has 1 aliphatic heterocycles. The smallest absolute Gasteiger partial charge is 0.363 e. The number of aliphatic imine (C=N–C) groups is 1. The molecule has 3 rings (SSSR count). The monoisotopic (exact) mass is 402 g/mol. The Morgan fingerprint density at radius 2 is 2.08 bits per heavy atom. The molecule has 0 aliphatic carbocycles. The van der Waals surface area contributed by atoms with E-state index in [-0.39, 0.29) is 17.3 Å². The molecule has 2 aromatic rings. The molecule has 0 bridgehead atoms. The van der Waals surface area contributed by atoms with Crippen LogP contribution in [0.3, 0.4) is 0 Å². The Labute approximate surface area is 150 Å². The van der Waals surface area contributed by atoms with Gasteiger partial charge in [0.1, 0.15) is 5.75 Å². The van der Waals surface area contributed by atoms with Crippen LogP contribution >= 0.6 is 15.9 Å². The fourth-order valence-corrected chi connectivity index (χ4v) is 2.77. The number of halogens is 1. The molecule has 8 heteroatoms. The summed E-state index contributed by atoms with van der Waals surface area (Å²) < 4.78 is 11.0. The number of benzene rings is 2. The first-order valence-electron chi connectivity index (χ1n) is 7.09. The quantitative estimate of drug-likeness (QED) is 0.336. The van der Waals surface area contributed by atoms with E-state index in [1.165, 1.54) is 18.2 Å². The number of ether oxygens (including phenoxy) is 2. The molecule has 0 spiro atoms. The van der Waals surface area contributed by atoms with Gasteiger partial charge in [-0.05, 0) is 45.8 Å². The van der Waals surface area contributed by atoms with E-state index in [4.69, 9.17) is 9.47 Å². The molecule has 0 saturated heterocycles. The first-order valence-corrected chi connectivity index (χ1v) is 7.88. The van der Waals surface area contributed by atoms with Crippen LogP contribution in [-0.4, -0.2) is 23.9 Å². The summed E-state index contributed by atoms with van der Waals surface area (Å²) in [6.45, 7) is 0. The Morgan fingerprint density at radius 1 is 1.28 bits per heavy atom. The Hall–Kier alpha value is -3.00. The van der Waals surface area contributed by atoms with Crippen molar-refractivity contribution >= 4 is 39.6 Å². The van der Waals surface area contributed by atoms with Gasteiger partial charge >= 0.3 is 5.97 Å². The minimum absolute atomic E-state index is 0.0347. The van der Waals surface area contributed by atoms with Crippen LogP contribution in [0, 0.1) is 10.1 Å². The Kier molecular flexibility index (Phi) is 4.62. The van der Waals surface area contributed by atoms with Crippen molar-refractivity contribution in [2.45, 2.75) is 0 Å². The normalized spacial score (nSPS) is 15.0. The maximum absolute atomic E-state index is 12.0. The maximum Gasteiger partial charge on any atom is 0.363 e. The SMILES string of the molecule is COc1ccc(/C=C2/N=C(c3cccc([N+](=O)[O-])c3)OC2=O)cc1Br. The first kappa shape index (κ1) is 16.8. The van der Waals surface area contributed by atoms with Gasteiger partial charge in [0.2, 0.25) is 5.90 Å². The van der Waals surface area contributed by atoms with E-state index in [9.17, 15) is 14.9 Å². The number of cyclic esters (lactones) is 1. The molecule has 0 unspecified atom stereocenters. The van der Waals surface area contributed by atoms with E-state index in [1.807, 2.05) is 0 Å². The molecule has 0 aromatic heterocycles. The lowest BCUT2D eigenvalue weighted by Gasteiger charge is -2.03. The average Bonchev–Trinajstić information content (AvgIpc) is 2.96. The van der Waals surface area contributed by atoms with Crippen LogP contribution in [0.4, 0.5) is 5.69 Å². The van der Waals surface area contributed by atoms with E-state index in [2.05, 4.69) is 20.9 Å². The standard InChI is InChI=1S/C17H11BrN2O5/c1-24-15-6-5-10(7-13(15)18)8-14-17(21)25-16(19-14)11-3-2-4-12(9-11)20(22)23/h2-9H,1H3/b14-8+. The van der Waals surface area contributed by atoms with Gasteiger partial charge in [0, 0.05) is 17.7 Å². The number of hydrogen-bond acceptors (Lipinski definition) is 6. The van der Waals surface area contributed by atoms with Crippen molar-refractivity contribution in [3.63, 3.8) is 0 Å². The number of nitro benzene ring substituents is 1. The molecule has 0 radical (unpaired) electrons. The zero-order chi connectivity index (χ0) is 18.0.